The highest BCUT2D eigenvalue weighted by Crippen LogP contribution is 2.35. The summed E-state index contributed by atoms with van der Waals surface area (Å²) in [7, 11) is 1.91. The Labute approximate surface area is 111 Å². The van der Waals surface area contributed by atoms with Crippen LogP contribution >= 0.6 is 0 Å². The third kappa shape index (κ3) is 3.14. The Morgan fingerprint density at radius 1 is 1.16 bits per heavy atom. The Morgan fingerprint density at radius 2 is 1.79 bits per heavy atom. The smallest absolute Gasteiger partial charge is 0.397 e. The molecular formula is C14H19F3N2. The van der Waals surface area contributed by atoms with E-state index in [4.69, 9.17) is 5.73 Å². The Hall–Kier alpha value is -1.39. The third-order valence-electron chi connectivity index (χ3n) is 3.86. The van der Waals surface area contributed by atoms with Gasteiger partial charge in [-0.25, -0.2) is 0 Å². The zero-order valence-corrected chi connectivity index (χ0v) is 11.0. The molecule has 0 aromatic heterocycles. The first-order valence-corrected chi connectivity index (χ1v) is 6.59. The van der Waals surface area contributed by atoms with Crippen molar-refractivity contribution in [3.63, 3.8) is 0 Å². The van der Waals surface area contributed by atoms with Gasteiger partial charge in [0.1, 0.15) is 0 Å². The summed E-state index contributed by atoms with van der Waals surface area (Å²) in [5.41, 5.74) is 5.99. The SMILES string of the molecule is CN(c1ccc(C(F)(F)F)cc1N)C1CCCCC1. The molecule has 0 bridgehead atoms. The van der Waals surface area contributed by atoms with E-state index in [1.165, 1.54) is 25.3 Å². The average Bonchev–Trinajstić information content (AvgIpc) is 2.38. The van der Waals surface area contributed by atoms with E-state index in [1.54, 1.807) is 0 Å². The molecular weight excluding hydrogens is 253 g/mol. The molecule has 1 aliphatic carbocycles. The number of hydrogen-bond acceptors (Lipinski definition) is 2. The molecule has 1 aromatic carbocycles. The summed E-state index contributed by atoms with van der Waals surface area (Å²) in [4.78, 5) is 2.02. The van der Waals surface area contributed by atoms with E-state index in [1.807, 2.05) is 11.9 Å². The zero-order chi connectivity index (χ0) is 14.0. The quantitative estimate of drug-likeness (QED) is 0.823. The van der Waals surface area contributed by atoms with Crippen molar-refractivity contribution in [1.82, 2.24) is 0 Å². The maximum atomic E-state index is 12.6. The second-order valence-electron chi connectivity index (χ2n) is 5.17. The standard InChI is InChI=1S/C14H19F3N2/c1-19(11-5-3-2-4-6-11)13-8-7-10(9-12(13)18)14(15,16)17/h7-9,11H,2-6,18H2,1H3. The van der Waals surface area contributed by atoms with Crippen molar-refractivity contribution in [2.24, 2.45) is 0 Å². The number of hydrogen-bond donors (Lipinski definition) is 1. The minimum absolute atomic E-state index is 0.197. The van der Waals surface area contributed by atoms with Crippen LogP contribution in [0.4, 0.5) is 24.5 Å². The molecule has 0 unspecified atom stereocenters. The molecule has 19 heavy (non-hydrogen) atoms. The molecule has 0 spiro atoms. The van der Waals surface area contributed by atoms with Gasteiger partial charge in [0.05, 0.1) is 16.9 Å². The summed E-state index contributed by atoms with van der Waals surface area (Å²) in [6.07, 6.45) is 1.42. The van der Waals surface area contributed by atoms with Crippen molar-refractivity contribution < 1.29 is 13.2 Å². The Balaban J connectivity index is 2.20. The number of alkyl halides is 3. The van der Waals surface area contributed by atoms with Gasteiger partial charge in [0.15, 0.2) is 0 Å². The maximum Gasteiger partial charge on any atom is 0.416 e. The Kier molecular flexibility index (Phi) is 3.92. The molecule has 1 aliphatic rings. The molecule has 0 aliphatic heterocycles. The fourth-order valence-electron chi connectivity index (χ4n) is 2.72. The molecule has 2 N–H and O–H groups in total. The van der Waals surface area contributed by atoms with E-state index in [0.29, 0.717) is 11.7 Å². The van der Waals surface area contributed by atoms with Crippen molar-refractivity contribution in [2.75, 3.05) is 17.7 Å². The average molecular weight is 272 g/mol. The van der Waals surface area contributed by atoms with Gasteiger partial charge in [0.25, 0.3) is 0 Å². The van der Waals surface area contributed by atoms with Crippen LogP contribution in [-0.4, -0.2) is 13.1 Å². The van der Waals surface area contributed by atoms with Gasteiger partial charge in [-0.05, 0) is 31.0 Å². The molecule has 0 saturated heterocycles. The number of rotatable bonds is 2. The van der Waals surface area contributed by atoms with E-state index >= 15 is 0 Å². The maximum absolute atomic E-state index is 12.6. The predicted octanol–water partition coefficient (Wildman–Crippen LogP) is 4.06. The fraction of sp³-hybridized carbons (Fsp3) is 0.571. The molecule has 1 aromatic rings. The van der Waals surface area contributed by atoms with Crippen molar-refractivity contribution >= 4 is 11.4 Å². The van der Waals surface area contributed by atoms with E-state index in [-0.39, 0.29) is 5.69 Å². The molecule has 2 nitrogen and oxygen atoms in total. The topological polar surface area (TPSA) is 29.3 Å². The van der Waals surface area contributed by atoms with E-state index in [0.717, 1.165) is 25.0 Å². The van der Waals surface area contributed by atoms with Gasteiger partial charge in [-0.3, -0.25) is 0 Å². The zero-order valence-electron chi connectivity index (χ0n) is 11.0. The number of nitrogens with two attached hydrogens (primary N) is 1. The number of nitrogens with zero attached hydrogens (tertiary/aromatic N) is 1. The molecule has 0 radical (unpaired) electrons. The van der Waals surface area contributed by atoms with Gasteiger partial charge in [-0.2, -0.15) is 13.2 Å². The second-order valence-corrected chi connectivity index (χ2v) is 5.17. The molecule has 106 valence electrons. The number of halogens is 3. The van der Waals surface area contributed by atoms with Crippen LogP contribution in [-0.2, 0) is 6.18 Å². The predicted molar refractivity (Wildman–Crippen MR) is 71.1 cm³/mol. The number of nitrogen functional groups attached to an aromatic ring is 1. The van der Waals surface area contributed by atoms with Gasteiger partial charge < -0.3 is 10.6 Å². The molecule has 0 heterocycles. The summed E-state index contributed by atoms with van der Waals surface area (Å²) in [5.74, 6) is 0. The molecule has 2 rings (SSSR count). The lowest BCUT2D eigenvalue weighted by Crippen LogP contribution is -2.33. The van der Waals surface area contributed by atoms with E-state index in [2.05, 4.69) is 0 Å². The minimum atomic E-state index is -4.34. The summed E-state index contributed by atoms with van der Waals surface area (Å²) in [5, 5.41) is 0. The Morgan fingerprint density at radius 3 is 2.32 bits per heavy atom. The largest absolute Gasteiger partial charge is 0.416 e. The normalized spacial score (nSPS) is 17.5. The van der Waals surface area contributed by atoms with Crippen LogP contribution in [0, 0.1) is 0 Å². The van der Waals surface area contributed by atoms with Crippen LogP contribution in [0.2, 0.25) is 0 Å². The van der Waals surface area contributed by atoms with Gasteiger partial charge in [0, 0.05) is 13.1 Å². The molecule has 0 amide bonds. The summed E-state index contributed by atoms with van der Waals surface area (Å²) in [6.45, 7) is 0. The second kappa shape index (κ2) is 5.31. The highest BCUT2D eigenvalue weighted by atomic mass is 19.4. The van der Waals surface area contributed by atoms with Crippen molar-refractivity contribution in [2.45, 2.75) is 44.3 Å². The highest BCUT2D eigenvalue weighted by Gasteiger charge is 2.31. The monoisotopic (exact) mass is 272 g/mol. The van der Waals surface area contributed by atoms with E-state index in [9.17, 15) is 13.2 Å². The van der Waals surface area contributed by atoms with Gasteiger partial charge in [-0.1, -0.05) is 19.3 Å². The summed E-state index contributed by atoms with van der Waals surface area (Å²) in [6, 6.07) is 3.99. The van der Waals surface area contributed by atoms with Crippen LogP contribution in [0.25, 0.3) is 0 Å². The molecule has 1 fully saturated rings. The fourth-order valence-corrected chi connectivity index (χ4v) is 2.72. The van der Waals surface area contributed by atoms with Crippen LogP contribution < -0.4 is 10.6 Å². The molecule has 0 atom stereocenters. The van der Waals surface area contributed by atoms with Crippen LogP contribution in [0.5, 0.6) is 0 Å². The summed E-state index contributed by atoms with van der Waals surface area (Å²) >= 11 is 0. The van der Waals surface area contributed by atoms with Crippen LogP contribution in [0.15, 0.2) is 18.2 Å². The molecule has 1 saturated carbocycles. The summed E-state index contributed by atoms with van der Waals surface area (Å²) < 4.78 is 37.8. The Bertz CT molecular complexity index is 437. The first kappa shape index (κ1) is 14.0. The van der Waals surface area contributed by atoms with Gasteiger partial charge >= 0.3 is 6.18 Å². The molecule has 5 heteroatoms. The lowest BCUT2D eigenvalue weighted by atomic mass is 9.94. The first-order chi connectivity index (χ1) is 8.89. The first-order valence-electron chi connectivity index (χ1n) is 6.59. The van der Waals surface area contributed by atoms with Crippen LogP contribution in [0.1, 0.15) is 37.7 Å². The van der Waals surface area contributed by atoms with Crippen molar-refractivity contribution in [3.05, 3.63) is 23.8 Å². The minimum Gasteiger partial charge on any atom is -0.397 e. The van der Waals surface area contributed by atoms with Crippen molar-refractivity contribution in [3.8, 4) is 0 Å². The van der Waals surface area contributed by atoms with E-state index < -0.39 is 11.7 Å². The highest BCUT2D eigenvalue weighted by molar-refractivity contribution is 5.68. The number of benzene rings is 1. The lowest BCUT2D eigenvalue weighted by Gasteiger charge is -2.33. The third-order valence-corrected chi connectivity index (χ3v) is 3.86. The van der Waals surface area contributed by atoms with Gasteiger partial charge in [0.2, 0.25) is 0 Å². The number of anilines is 2. The van der Waals surface area contributed by atoms with Crippen LogP contribution in [0.3, 0.4) is 0 Å². The lowest BCUT2D eigenvalue weighted by molar-refractivity contribution is -0.137. The van der Waals surface area contributed by atoms with Crippen molar-refractivity contribution in [1.29, 1.82) is 0 Å². The van der Waals surface area contributed by atoms with Gasteiger partial charge in [-0.15, -0.1) is 0 Å².